The summed E-state index contributed by atoms with van der Waals surface area (Å²) in [5, 5.41) is 0. The molecule has 1 fully saturated rings. The van der Waals surface area contributed by atoms with Gasteiger partial charge in [-0.3, -0.25) is 4.79 Å². The molecule has 2 N–H and O–H groups in total. The van der Waals surface area contributed by atoms with Crippen molar-refractivity contribution in [3.05, 3.63) is 0 Å². The molecule has 1 heterocycles. The van der Waals surface area contributed by atoms with Crippen LogP contribution >= 0.6 is 0 Å². The normalized spacial score (nSPS) is 21.8. The van der Waals surface area contributed by atoms with E-state index in [0.29, 0.717) is 31.4 Å². The summed E-state index contributed by atoms with van der Waals surface area (Å²) in [6, 6.07) is 0.264. The molecule has 0 aromatic carbocycles. The highest BCUT2D eigenvalue weighted by Crippen LogP contribution is 2.18. The molecule has 4 nitrogen and oxygen atoms in total. The van der Waals surface area contributed by atoms with Crippen LogP contribution in [-0.4, -0.2) is 43.7 Å². The number of carbonyl (C=O) groups is 1. The Balaban J connectivity index is 2.40. The van der Waals surface area contributed by atoms with Crippen LogP contribution in [0.4, 0.5) is 0 Å². The van der Waals surface area contributed by atoms with Crippen molar-refractivity contribution in [2.45, 2.75) is 39.2 Å². The number of rotatable bonds is 6. The van der Waals surface area contributed by atoms with E-state index in [9.17, 15) is 4.79 Å². The van der Waals surface area contributed by atoms with Gasteiger partial charge >= 0.3 is 0 Å². The lowest BCUT2D eigenvalue weighted by Crippen LogP contribution is -2.39. The van der Waals surface area contributed by atoms with Crippen molar-refractivity contribution in [2.75, 3.05) is 26.8 Å². The molecular formula is C13H26N2O2. The fourth-order valence-electron chi connectivity index (χ4n) is 2.35. The van der Waals surface area contributed by atoms with Crippen LogP contribution in [0.25, 0.3) is 0 Å². The van der Waals surface area contributed by atoms with Crippen LogP contribution in [-0.2, 0) is 9.53 Å². The second-order valence-corrected chi connectivity index (χ2v) is 5.46. The second-order valence-electron chi connectivity index (χ2n) is 5.46. The first-order valence-electron chi connectivity index (χ1n) is 6.58. The van der Waals surface area contributed by atoms with Crippen molar-refractivity contribution in [1.29, 1.82) is 0 Å². The minimum Gasteiger partial charge on any atom is -0.379 e. The van der Waals surface area contributed by atoms with Gasteiger partial charge in [-0.1, -0.05) is 13.8 Å². The second kappa shape index (κ2) is 6.97. The molecule has 0 saturated carbocycles. The summed E-state index contributed by atoms with van der Waals surface area (Å²) in [5.74, 6) is 1.11. The third-order valence-corrected chi connectivity index (χ3v) is 3.45. The molecule has 2 atom stereocenters. The number of ether oxygens (including phenoxy) is 1. The maximum Gasteiger partial charge on any atom is 0.222 e. The van der Waals surface area contributed by atoms with Gasteiger partial charge in [0.2, 0.25) is 5.91 Å². The number of amides is 1. The van der Waals surface area contributed by atoms with Crippen LogP contribution < -0.4 is 5.73 Å². The lowest BCUT2D eigenvalue weighted by atomic mass is 9.93. The summed E-state index contributed by atoms with van der Waals surface area (Å²) < 4.78 is 5.31. The van der Waals surface area contributed by atoms with Crippen LogP contribution in [0.1, 0.15) is 33.1 Å². The maximum atomic E-state index is 12.1. The molecule has 0 spiro atoms. The number of nitrogens with zero attached hydrogens (tertiary/aromatic N) is 1. The number of likely N-dealkylation sites (N-methyl/N-ethyl adjacent to an activating group) is 1. The van der Waals surface area contributed by atoms with Crippen molar-refractivity contribution in [2.24, 2.45) is 17.6 Å². The van der Waals surface area contributed by atoms with E-state index in [0.717, 1.165) is 19.4 Å². The molecule has 1 amide bonds. The Morgan fingerprint density at radius 2 is 2.24 bits per heavy atom. The van der Waals surface area contributed by atoms with E-state index in [4.69, 9.17) is 10.5 Å². The molecule has 0 aromatic heterocycles. The average Bonchev–Trinajstić information content (AvgIpc) is 2.79. The van der Waals surface area contributed by atoms with Gasteiger partial charge in [-0.2, -0.15) is 0 Å². The highest BCUT2D eigenvalue weighted by molar-refractivity contribution is 5.76. The topological polar surface area (TPSA) is 55.6 Å². The van der Waals surface area contributed by atoms with Crippen LogP contribution in [0.3, 0.4) is 0 Å². The average molecular weight is 242 g/mol. The predicted molar refractivity (Wildman–Crippen MR) is 68.6 cm³/mol. The van der Waals surface area contributed by atoms with Crippen molar-refractivity contribution in [3.8, 4) is 0 Å². The van der Waals surface area contributed by atoms with Crippen molar-refractivity contribution in [3.63, 3.8) is 0 Å². The van der Waals surface area contributed by atoms with Gasteiger partial charge in [-0.15, -0.1) is 0 Å². The summed E-state index contributed by atoms with van der Waals surface area (Å²) >= 11 is 0. The minimum atomic E-state index is 0.205. The Labute approximate surface area is 104 Å². The lowest BCUT2D eigenvalue weighted by Gasteiger charge is -2.26. The predicted octanol–water partition coefficient (Wildman–Crippen LogP) is 1.24. The summed E-state index contributed by atoms with van der Waals surface area (Å²) in [7, 11) is 1.88. The largest absolute Gasteiger partial charge is 0.379 e. The van der Waals surface area contributed by atoms with E-state index in [-0.39, 0.29) is 11.9 Å². The molecule has 1 aliphatic heterocycles. The Morgan fingerprint density at radius 1 is 1.53 bits per heavy atom. The lowest BCUT2D eigenvalue weighted by molar-refractivity contribution is -0.133. The third-order valence-electron chi connectivity index (χ3n) is 3.45. The van der Waals surface area contributed by atoms with Crippen molar-refractivity contribution >= 4 is 5.91 Å². The van der Waals surface area contributed by atoms with Crippen LogP contribution in [0.5, 0.6) is 0 Å². The Hall–Kier alpha value is -0.610. The van der Waals surface area contributed by atoms with E-state index in [2.05, 4.69) is 13.8 Å². The molecule has 0 aromatic rings. The zero-order valence-corrected chi connectivity index (χ0v) is 11.3. The van der Waals surface area contributed by atoms with Crippen molar-refractivity contribution in [1.82, 2.24) is 4.90 Å². The first-order chi connectivity index (χ1) is 8.04. The summed E-state index contributed by atoms with van der Waals surface area (Å²) in [6.45, 7) is 6.39. The molecule has 1 rings (SSSR count). The maximum absolute atomic E-state index is 12.1. The Kier molecular flexibility index (Phi) is 5.92. The van der Waals surface area contributed by atoms with E-state index >= 15 is 0 Å². The number of hydrogen-bond donors (Lipinski definition) is 1. The molecule has 1 aliphatic rings. The highest BCUT2D eigenvalue weighted by Gasteiger charge is 2.25. The van der Waals surface area contributed by atoms with Crippen LogP contribution in [0.2, 0.25) is 0 Å². The van der Waals surface area contributed by atoms with E-state index in [1.165, 1.54) is 0 Å². The van der Waals surface area contributed by atoms with Gasteiger partial charge in [0.15, 0.2) is 0 Å². The molecule has 0 radical (unpaired) electrons. The molecule has 1 saturated heterocycles. The summed E-state index contributed by atoms with van der Waals surface area (Å²) in [4.78, 5) is 13.9. The van der Waals surface area contributed by atoms with Gasteiger partial charge in [0, 0.05) is 20.1 Å². The Bertz CT molecular complexity index is 238. The van der Waals surface area contributed by atoms with Gasteiger partial charge < -0.3 is 15.4 Å². The molecule has 0 bridgehead atoms. The van der Waals surface area contributed by atoms with Gasteiger partial charge in [0.05, 0.1) is 12.6 Å². The molecule has 0 aliphatic carbocycles. The van der Waals surface area contributed by atoms with E-state index in [1.54, 1.807) is 0 Å². The third kappa shape index (κ3) is 4.64. The van der Waals surface area contributed by atoms with Crippen molar-refractivity contribution < 1.29 is 9.53 Å². The number of nitrogens with two attached hydrogens (primary N) is 1. The summed E-state index contributed by atoms with van der Waals surface area (Å²) in [6.07, 6.45) is 2.55. The zero-order chi connectivity index (χ0) is 12.8. The van der Waals surface area contributed by atoms with Gasteiger partial charge in [0.25, 0.3) is 0 Å². The van der Waals surface area contributed by atoms with Crippen LogP contribution in [0, 0.1) is 11.8 Å². The SMILES string of the molecule is CC(C)CC(CN)CC(=O)N(C)C1CCOC1. The standard InChI is InChI=1S/C13H26N2O2/c1-10(2)6-11(8-14)7-13(16)15(3)12-4-5-17-9-12/h10-12H,4-9,14H2,1-3H3. The molecular weight excluding hydrogens is 216 g/mol. The van der Waals surface area contributed by atoms with Gasteiger partial charge in [0.1, 0.15) is 0 Å². The molecule has 2 unspecified atom stereocenters. The number of hydrogen-bond acceptors (Lipinski definition) is 3. The van der Waals surface area contributed by atoms with Gasteiger partial charge in [-0.05, 0) is 31.2 Å². The fraction of sp³-hybridized carbons (Fsp3) is 0.923. The molecule has 100 valence electrons. The molecule has 4 heteroatoms. The Morgan fingerprint density at radius 3 is 2.71 bits per heavy atom. The summed E-state index contributed by atoms with van der Waals surface area (Å²) in [5.41, 5.74) is 5.73. The first-order valence-corrected chi connectivity index (χ1v) is 6.58. The first kappa shape index (κ1) is 14.5. The molecule has 17 heavy (non-hydrogen) atoms. The minimum absolute atomic E-state index is 0.205. The van der Waals surface area contributed by atoms with Gasteiger partial charge in [-0.25, -0.2) is 0 Å². The zero-order valence-electron chi connectivity index (χ0n) is 11.3. The van der Waals surface area contributed by atoms with E-state index in [1.807, 2.05) is 11.9 Å². The van der Waals surface area contributed by atoms with Crippen LogP contribution in [0.15, 0.2) is 0 Å². The number of carbonyl (C=O) groups excluding carboxylic acids is 1. The smallest absolute Gasteiger partial charge is 0.222 e. The fourth-order valence-corrected chi connectivity index (χ4v) is 2.35. The highest BCUT2D eigenvalue weighted by atomic mass is 16.5. The quantitative estimate of drug-likeness (QED) is 0.762. The van der Waals surface area contributed by atoms with E-state index < -0.39 is 0 Å². The monoisotopic (exact) mass is 242 g/mol.